The quantitative estimate of drug-likeness (QED) is 0.468. The second-order valence-corrected chi connectivity index (χ2v) is 11.2. The molecule has 2 aromatic rings. The summed E-state index contributed by atoms with van der Waals surface area (Å²) in [4.78, 5) is 44.9. The first-order chi connectivity index (χ1) is 18.6. The molecule has 1 saturated carbocycles. The normalized spacial score (nSPS) is 21.8. The predicted octanol–water partition coefficient (Wildman–Crippen LogP) is 5.98. The van der Waals surface area contributed by atoms with Gasteiger partial charge in [-0.15, -0.1) is 0 Å². The van der Waals surface area contributed by atoms with E-state index in [-0.39, 0.29) is 43.7 Å². The van der Waals surface area contributed by atoms with Crippen molar-refractivity contribution in [2.45, 2.75) is 70.3 Å². The molecule has 0 spiro atoms. The van der Waals surface area contributed by atoms with Crippen LogP contribution in [0.5, 0.6) is 0 Å². The monoisotopic (exact) mass is 541 g/mol. The predicted molar refractivity (Wildman–Crippen MR) is 143 cm³/mol. The van der Waals surface area contributed by atoms with Gasteiger partial charge in [0.1, 0.15) is 11.6 Å². The Morgan fingerprint density at radius 2 is 1.72 bits per heavy atom. The molecule has 3 aliphatic rings. The number of halogens is 3. The molecule has 6 nitrogen and oxygen atoms in total. The Kier molecular flexibility index (Phi) is 7.44. The molecular weight excluding hydrogens is 507 g/mol. The van der Waals surface area contributed by atoms with Gasteiger partial charge in [0.05, 0.1) is 5.69 Å². The molecule has 1 saturated heterocycles. The van der Waals surface area contributed by atoms with Crippen LogP contribution >= 0.6 is 0 Å². The van der Waals surface area contributed by atoms with Crippen LogP contribution in [0, 0.1) is 11.2 Å². The van der Waals surface area contributed by atoms with Crippen molar-refractivity contribution in [2.75, 3.05) is 29.4 Å². The van der Waals surface area contributed by atoms with E-state index in [0.717, 1.165) is 5.56 Å². The Balaban J connectivity index is 1.32. The maximum Gasteiger partial charge on any atom is 0.324 e. The van der Waals surface area contributed by atoms with Crippen molar-refractivity contribution < 1.29 is 27.6 Å². The van der Waals surface area contributed by atoms with Crippen molar-refractivity contribution in [1.29, 1.82) is 0 Å². The Bertz CT molecular complexity index is 1240. The molecule has 9 heteroatoms. The van der Waals surface area contributed by atoms with Crippen LogP contribution < -0.4 is 9.80 Å². The van der Waals surface area contributed by atoms with Crippen molar-refractivity contribution in [3.63, 3.8) is 0 Å². The summed E-state index contributed by atoms with van der Waals surface area (Å²) in [6.07, 6.45) is 1.36. The van der Waals surface area contributed by atoms with Gasteiger partial charge in [-0.3, -0.25) is 14.5 Å². The van der Waals surface area contributed by atoms with Crippen LogP contribution in [0.25, 0.3) is 0 Å². The number of alkyl halides is 2. The molecule has 208 valence electrons. The van der Waals surface area contributed by atoms with E-state index >= 15 is 0 Å². The number of rotatable bonds is 5. The Morgan fingerprint density at radius 3 is 2.38 bits per heavy atom. The zero-order chi connectivity index (χ0) is 27.8. The molecular formula is C30H34F3N3O3. The highest BCUT2D eigenvalue weighted by atomic mass is 19.3. The molecule has 0 N–H and O–H groups in total. The lowest BCUT2D eigenvalue weighted by Crippen LogP contribution is -2.53. The van der Waals surface area contributed by atoms with Gasteiger partial charge in [-0.1, -0.05) is 24.3 Å². The number of Topliss-reactive ketones (excluding diaryl/α,β-unsaturated/α-hetero) is 1. The molecule has 1 unspecified atom stereocenters. The number of likely N-dealkylation sites (tertiary alicyclic amines) is 1. The standard InChI is InChI=1S/C30H34F3N3O3/c1-21(37)29(13-16-34(17-14-29)28(39)35-15-11-22-9-10-23(31)18-26(22)35)20-27(38)36(24-6-3-2-4-7-24)25-8-5-12-30(32,33)19-25/h2-4,6-7,9-10,18,25H,5,8,11-17,19-20H2,1H3. The molecule has 2 aliphatic heterocycles. The summed E-state index contributed by atoms with van der Waals surface area (Å²) in [6, 6.07) is 12.4. The minimum absolute atomic E-state index is 0.0981. The van der Waals surface area contributed by atoms with Crippen LogP contribution in [0.1, 0.15) is 57.4 Å². The van der Waals surface area contributed by atoms with Gasteiger partial charge in [0.25, 0.3) is 0 Å². The minimum atomic E-state index is -2.84. The van der Waals surface area contributed by atoms with Gasteiger partial charge in [0, 0.05) is 56.0 Å². The Hall–Kier alpha value is -3.36. The van der Waals surface area contributed by atoms with Crippen LogP contribution in [0.2, 0.25) is 0 Å². The molecule has 2 fully saturated rings. The highest BCUT2D eigenvalue weighted by molar-refractivity contribution is 5.98. The fourth-order valence-electron chi connectivity index (χ4n) is 6.39. The SMILES string of the molecule is CC(=O)C1(CC(=O)N(c2ccccc2)C2CCCC(F)(F)C2)CCN(C(=O)N2CCc3ccc(F)cc32)CC1. The summed E-state index contributed by atoms with van der Waals surface area (Å²) in [6.45, 7) is 2.48. The number of nitrogens with zero attached hydrogens (tertiary/aromatic N) is 3. The third kappa shape index (κ3) is 5.54. The Labute approximate surface area is 226 Å². The fourth-order valence-corrected chi connectivity index (χ4v) is 6.39. The first kappa shape index (κ1) is 27.2. The number of hydrogen-bond acceptors (Lipinski definition) is 3. The number of ketones is 1. The molecule has 0 aromatic heterocycles. The molecule has 2 heterocycles. The van der Waals surface area contributed by atoms with Crippen LogP contribution in [0.4, 0.5) is 29.3 Å². The van der Waals surface area contributed by atoms with E-state index in [9.17, 15) is 27.6 Å². The van der Waals surface area contributed by atoms with Crippen LogP contribution in [-0.2, 0) is 16.0 Å². The molecule has 39 heavy (non-hydrogen) atoms. The molecule has 2 aromatic carbocycles. The fraction of sp³-hybridized carbons (Fsp3) is 0.500. The molecule has 5 rings (SSSR count). The molecule has 0 bridgehead atoms. The number of hydrogen-bond donors (Lipinski definition) is 0. The zero-order valence-corrected chi connectivity index (χ0v) is 22.2. The average Bonchev–Trinajstić information content (AvgIpc) is 3.32. The molecule has 0 radical (unpaired) electrons. The van der Waals surface area contributed by atoms with E-state index in [2.05, 4.69) is 0 Å². The van der Waals surface area contributed by atoms with Gasteiger partial charge in [-0.05, 0) is 68.9 Å². The van der Waals surface area contributed by atoms with Gasteiger partial charge in [0.15, 0.2) is 0 Å². The van der Waals surface area contributed by atoms with Crippen LogP contribution in [0.15, 0.2) is 48.5 Å². The number of benzene rings is 2. The van der Waals surface area contributed by atoms with Crippen molar-refractivity contribution in [3.8, 4) is 0 Å². The molecule has 3 amide bonds. The topological polar surface area (TPSA) is 60.9 Å². The minimum Gasteiger partial charge on any atom is -0.324 e. The lowest BCUT2D eigenvalue weighted by atomic mass is 9.72. The van der Waals surface area contributed by atoms with Crippen LogP contribution in [0.3, 0.4) is 0 Å². The summed E-state index contributed by atoms with van der Waals surface area (Å²) in [5.41, 5.74) is 1.06. The average molecular weight is 542 g/mol. The number of para-hydroxylation sites is 1. The van der Waals surface area contributed by atoms with E-state index < -0.39 is 29.6 Å². The number of anilines is 2. The van der Waals surface area contributed by atoms with Gasteiger partial charge < -0.3 is 9.80 Å². The van der Waals surface area contributed by atoms with E-state index in [1.54, 1.807) is 46.2 Å². The second-order valence-electron chi connectivity index (χ2n) is 11.2. The van der Waals surface area contributed by atoms with Crippen LogP contribution in [-0.4, -0.2) is 54.2 Å². The van der Waals surface area contributed by atoms with Gasteiger partial charge in [0.2, 0.25) is 11.8 Å². The maximum absolute atomic E-state index is 14.4. The number of fused-ring (bicyclic) bond motifs is 1. The summed E-state index contributed by atoms with van der Waals surface area (Å²) < 4.78 is 42.6. The van der Waals surface area contributed by atoms with Gasteiger partial charge in [-0.25, -0.2) is 18.0 Å². The summed E-state index contributed by atoms with van der Waals surface area (Å²) in [5, 5.41) is 0. The maximum atomic E-state index is 14.4. The lowest BCUT2D eigenvalue weighted by Gasteiger charge is -2.43. The largest absolute Gasteiger partial charge is 0.324 e. The zero-order valence-electron chi connectivity index (χ0n) is 22.2. The smallest absolute Gasteiger partial charge is 0.324 e. The van der Waals surface area contributed by atoms with E-state index in [0.29, 0.717) is 50.0 Å². The number of carbonyl (C=O) groups excluding carboxylic acids is 3. The van der Waals surface area contributed by atoms with Crippen molar-refractivity contribution in [1.82, 2.24) is 4.90 Å². The highest BCUT2D eigenvalue weighted by Crippen LogP contribution is 2.41. The third-order valence-corrected chi connectivity index (χ3v) is 8.68. The first-order valence-electron chi connectivity index (χ1n) is 13.7. The lowest BCUT2D eigenvalue weighted by molar-refractivity contribution is -0.135. The summed E-state index contributed by atoms with van der Waals surface area (Å²) in [5.74, 6) is -3.72. The van der Waals surface area contributed by atoms with Crippen molar-refractivity contribution in [2.24, 2.45) is 5.41 Å². The Morgan fingerprint density at radius 1 is 1.00 bits per heavy atom. The van der Waals surface area contributed by atoms with Crippen molar-refractivity contribution in [3.05, 3.63) is 59.9 Å². The van der Waals surface area contributed by atoms with E-state index in [1.165, 1.54) is 24.0 Å². The molecule has 1 atom stereocenters. The first-order valence-corrected chi connectivity index (χ1v) is 13.7. The summed E-state index contributed by atoms with van der Waals surface area (Å²) in [7, 11) is 0. The second kappa shape index (κ2) is 10.7. The summed E-state index contributed by atoms with van der Waals surface area (Å²) >= 11 is 0. The third-order valence-electron chi connectivity index (χ3n) is 8.68. The van der Waals surface area contributed by atoms with E-state index in [1.807, 2.05) is 0 Å². The van der Waals surface area contributed by atoms with E-state index in [4.69, 9.17) is 0 Å². The number of piperidine rings is 1. The molecule has 1 aliphatic carbocycles. The number of carbonyl (C=O) groups is 3. The van der Waals surface area contributed by atoms with Crippen molar-refractivity contribution >= 4 is 29.1 Å². The van der Waals surface area contributed by atoms with Gasteiger partial charge >= 0.3 is 6.03 Å². The number of urea groups is 1. The number of amides is 3. The highest BCUT2D eigenvalue weighted by Gasteiger charge is 2.46. The van der Waals surface area contributed by atoms with Gasteiger partial charge in [-0.2, -0.15) is 0 Å².